The average Bonchev–Trinajstić information content (AvgIpc) is 2.95. The maximum absolute atomic E-state index is 13.4. The van der Waals surface area contributed by atoms with Crippen molar-refractivity contribution in [1.29, 1.82) is 0 Å². The number of nitrogens with one attached hydrogen (secondary N) is 3. The lowest BCUT2D eigenvalue weighted by Crippen LogP contribution is -2.45. The molecule has 0 unspecified atom stereocenters. The number of nitrogens with two attached hydrogens (primary N) is 1. The topological polar surface area (TPSA) is 183 Å². The molecule has 0 spiro atoms. The Hall–Kier alpha value is -3.80. The minimum absolute atomic E-state index is 0.0295. The number of esters is 1. The number of carbonyl (C=O) groups is 6. The number of rotatable bonds is 21. The molecule has 0 aliphatic carbocycles. The lowest BCUT2D eigenvalue weighted by Gasteiger charge is -2.24. The number of ether oxygens (including phenoxy) is 2. The molecule has 1 aromatic carbocycles. The van der Waals surface area contributed by atoms with Gasteiger partial charge in [0.1, 0.15) is 12.4 Å². The summed E-state index contributed by atoms with van der Waals surface area (Å²) >= 11 is 0. The van der Waals surface area contributed by atoms with E-state index in [0.29, 0.717) is 18.5 Å². The maximum atomic E-state index is 13.4. The van der Waals surface area contributed by atoms with Crippen molar-refractivity contribution in [2.45, 2.75) is 86.3 Å². The molecule has 12 nitrogen and oxygen atoms in total. The summed E-state index contributed by atoms with van der Waals surface area (Å²) in [7, 11) is 0. The Kier molecular flexibility index (Phi) is 17.6. The van der Waals surface area contributed by atoms with Crippen molar-refractivity contribution < 1.29 is 38.2 Å². The van der Waals surface area contributed by atoms with Gasteiger partial charge in [0.15, 0.2) is 5.78 Å². The summed E-state index contributed by atoms with van der Waals surface area (Å²) in [6.45, 7) is 11.5. The molecule has 0 bridgehead atoms. The number of hydrogen-bond acceptors (Lipinski definition) is 8. The van der Waals surface area contributed by atoms with E-state index in [1.54, 1.807) is 38.1 Å². The van der Waals surface area contributed by atoms with Crippen LogP contribution in [0, 0.1) is 23.7 Å². The number of ketones is 2. The van der Waals surface area contributed by atoms with Gasteiger partial charge in [0.2, 0.25) is 11.8 Å². The van der Waals surface area contributed by atoms with Gasteiger partial charge in [-0.1, -0.05) is 53.7 Å². The third kappa shape index (κ3) is 15.6. The molecule has 0 aliphatic heterocycles. The third-order valence-electron chi connectivity index (χ3n) is 6.86. The zero-order chi connectivity index (χ0) is 33.2. The lowest BCUT2D eigenvalue weighted by molar-refractivity contribution is -0.148. The van der Waals surface area contributed by atoms with Gasteiger partial charge in [-0.05, 0) is 36.5 Å². The average molecular weight is 619 g/mol. The molecule has 0 fully saturated rings. The molecular formula is C32H50N4O8. The highest BCUT2D eigenvalue weighted by Crippen LogP contribution is 2.20. The predicted molar refractivity (Wildman–Crippen MR) is 166 cm³/mol. The number of anilines is 1. The fraction of sp³-hybridized carbons (Fsp3) is 0.625. The van der Waals surface area contributed by atoms with Crippen LogP contribution in [0.5, 0.6) is 0 Å². The Bertz CT molecular complexity index is 1100. The Morgan fingerprint density at radius 3 is 2.05 bits per heavy atom. The number of benzene rings is 1. The van der Waals surface area contributed by atoms with Crippen LogP contribution in [0.3, 0.4) is 0 Å². The second kappa shape index (κ2) is 20.2. The fourth-order valence-corrected chi connectivity index (χ4v) is 4.10. The van der Waals surface area contributed by atoms with Gasteiger partial charge in [0.25, 0.3) is 0 Å². The molecule has 1 aromatic rings. The van der Waals surface area contributed by atoms with E-state index in [-0.39, 0.29) is 92.7 Å². The van der Waals surface area contributed by atoms with E-state index in [0.717, 1.165) is 5.56 Å². The van der Waals surface area contributed by atoms with Crippen LogP contribution in [0.25, 0.3) is 0 Å². The van der Waals surface area contributed by atoms with Crippen LogP contribution in [0.1, 0.15) is 79.2 Å². The van der Waals surface area contributed by atoms with Crippen LogP contribution in [0.4, 0.5) is 10.5 Å². The molecule has 1 rings (SSSR count). The minimum atomic E-state index is -0.808. The van der Waals surface area contributed by atoms with E-state index in [4.69, 9.17) is 15.2 Å². The van der Waals surface area contributed by atoms with E-state index >= 15 is 0 Å². The molecule has 44 heavy (non-hydrogen) atoms. The minimum Gasteiger partial charge on any atom is -0.461 e. The van der Waals surface area contributed by atoms with Gasteiger partial charge in [0.05, 0.1) is 25.2 Å². The second-order valence-corrected chi connectivity index (χ2v) is 11.8. The van der Waals surface area contributed by atoms with Crippen molar-refractivity contribution in [2.24, 2.45) is 29.4 Å². The largest absolute Gasteiger partial charge is 0.461 e. The van der Waals surface area contributed by atoms with Crippen molar-refractivity contribution in [3.05, 3.63) is 29.8 Å². The lowest BCUT2D eigenvalue weighted by atomic mass is 9.89. The van der Waals surface area contributed by atoms with Gasteiger partial charge in [-0.2, -0.15) is 0 Å². The maximum Gasteiger partial charge on any atom is 0.312 e. The van der Waals surface area contributed by atoms with E-state index in [1.807, 2.05) is 27.7 Å². The standard InChI is InChI=1S/C32H50N4O8/c1-20(2)26(37)13-16-43-17-14-28(39)36-29(21(3)4)27(38)18-24(8-7-15-34-32(33)42)30(40)35-25-11-9-23(10-12-25)19-44-31(41)22(5)6/h9-12,20-22,24,29H,7-8,13-19H2,1-6H3,(H,35,40)(H,36,39)(H3,33,34,42)/t24-,29+/m1/s1. The molecule has 0 saturated carbocycles. The number of amides is 4. The first kappa shape index (κ1) is 38.2. The van der Waals surface area contributed by atoms with Crippen LogP contribution in [0.2, 0.25) is 0 Å². The quantitative estimate of drug-likeness (QED) is 0.119. The first-order valence-corrected chi connectivity index (χ1v) is 15.2. The zero-order valence-electron chi connectivity index (χ0n) is 26.9. The normalized spacial score (nSPS) is 12.5. The number of primary amides is 1. The highest BCUT2D eigenvalue weighted by Gasteiger charge is 2.29. The molecular weight excluding hydrogens is 568 g/mol. The van der Waals surface area contributed by atoms with Crippen molar-refractivity contribution in [3.63, 3.8) is 0 Å². The van der Waals surface area contributed by atoms with Gasteiger partial charge in [-0.15, -0.1) is 0 Å². The van der Waals surface area contributed by atoms with E-state index in [9.17, 15) is 28.8 Å². The SMILES string of the molecule is CC(C)C(=O)CCOCCC(=O)N[C@H](C(=O)C[C@@H](CCCNC(N)=O)C(=O)Nc1ccc(COC(=O)C(C)C)cc1)C(C)C. The summed E-state index contributed by atoms with van der Waals surface area (Å²) < 4.78 is 10.6. The summed E-state index contributed by atoms with van der Waals surface area (Å²) in [5.74, 6) is -2.52. The van der Waals surface area contributed by atoms with Crippen LogP contribution < -0.4 is 21.7 Å². The number of Topliss-reactive ketones (excluding diaryl/α,β-unsaturated/α-hetero) is 2. The molecule has 0 aromatic heterocycles. The van der Waals surface area contributed by atoms with Gasteiger partial charge in [-0.3, -0.25) is 24.0 Å². The molecule has 246 valence electrons. The molecule has 0 radical (unpaired) electrons. The number of carbonyl (C=O) groups excluding carboxylic acids is 6. The molecule has 5 N–H and O–H groups in total. The second-order valence-electron chi connectivity index (χ2n) is 11.8. The molecule has 0 saturated heterocycles. The summed E-state index contributed by atoms with van der Waals surface area (Å²) in [6, 6.07) is 5.34. The monoisotopic (exact) mass is 618 g/mol. The smallest absolute Gasteiger partial charge is 0.312 e. The first-order chi connectivity index (χ1) is 20.7. The molecule has 0 heterocycles. The van der Waals surface area contributed by atoms with Crippen LogP contribution in [-0.4, -0.2) is 61.2 Å². The van der Waals surface area contributed by atoms with E-state index < -0.39 is 18.0 Å². The molecule has 0 aliphatic rings. The fourth-order valence-electron chi connectivity index (χ4n) is 4.10. The van der Waals surface area contributed by atoms with Crippen LogP contribution in [-0.2, 0) is 40.1 Å². The van der Waals surface area contributed by atoms with Crippen molar-refractivity contribution in [2.75, 3.05) is 25.1 Å². The van der Waals surface area contributed by atoms with Crippen LogP contribution >= 0.6 is 0 Å². The van der Waals surface area contributed by atoms with Crippen molar-refractivity contribution in [3.8, 4) is 0 Å². The Balaban J connectivity index is 2.81. The summed E-state index contributed by atoms with van der Waals surface area (Å²) in [4.78, 5) is 73.7. The van der Waals surface area contributed by atoms with Crippen LogP contribution in [0.15, 0.2) is 24.3 Å². The van der Waals surface area contributed by atoms with Gasteiger partial charge in [0, 0.05) is 43.3 Å². The summed E-state index contributed by atoms with van der Waals surface area (Å²) in [5, 5.41) is 8.08. The number of hydrogen-bond donors (Lipinski definition) is 4. The van der Waals surface area contributed by atoms with E-state index in [1.165, 1.54) is 0 Å². The highest BCUT2D eigenvalue weighted by molar-refractivity contribution is 5.97. The first-order valence-electron chi connectivity index (χ1n) is 15.2. The third-order valence-corrected chi connectivity index (χ3v) is 6.86. The number of urea groups is 1. The Labute approximate surface area is 260 Å². The summed E-state index contributed by atoms with van der Waals surface area (Å²) in [5.41, 5.74) is 6.40. The van der Waals surface area contributed by atoms with Gasteiger partial charge < -0.3 is 31.2 Å². The molecule has 12 heteroatoms. The summed E-state index contributed by atoms with van der Waals surface area (Å²) in [6.07, 6.45) is 0.888. The Morgan fingerprint density at radius 2 is 1.48 bits per heavy atom. The molecule has 4 amide bonds. The van der Waals surface area contributed by atoms with Crippen molar-refractivity contribution >= 4 is 41.1 Å². The highest BCUT2D eigenvalue weighted by atomic mass is 16.5. The van der Waals surface area contributed by atoms with Gasteiger partial charge >= 0.3 is 12.0 Å². The van der Waals surface area contributed by atoms with Crippen molar-refractivity contribution in [1.82, 2.24) is 10.6 Å². The molecule has 2 atom stereocenters. The zero-order valence-corrected chi connectivity index (χ0v) is 26.9. The Morgan fingerprint density at radius 1 is 0.841 bits per heavy atom. The van der Waals surface area contributed by atoms with E-state index in [2.05, 4.69) is 16.0 Å². The predicted octanol–water partition coefficient (Wildman–Crippen LogP) is 3.51. The van der Waals surface area contributed by atoms with Gasteiger partial charge in [-0.25, -0.2) is 4.79 Å².